The minimum atomic E-state index is 0.490. The van der Waals surface area contributed by atoms with E-state index in [2.05, 4.69) is 48.5 Å². The maximum Gasteiger partial charge on any atom is -0.0305 e. The maximum absolute atomic E-state index is 2.39. The largest absolute Gasteiger partial charge is 0.0628 e. The molecule has 0 saturated carbocycles. The lowest BCUT2D eigenvalue weighted by Crippen LogP contribution is -2.28. The molecule has 0 aliphatic heterocycles. The molecule has 74 valence electrons. The van der Waals surface area contributed by atoms with Gasteiger partial charge in [-0.15, -0.1) is 0 Å². The average molecular weight is 170 g/mol. The van der Waals surface area contributed by atoms with Gasteiger partial charge in [0, 0.05) is 0 Å². The minimum Gasteiger partial charge on any atom is -0.0628 e. The van der Waals surface area contributed by atoms with E-state index in [1.807, 2.05) is 0 Å². The molecule has 0 amide bonds. The number of hydrogen-bond donors (Lipinski definition) is 0. The smallest absolute Gasteiger partial charge is 0.0305 e. The molecule has 0 heteroatoms. The summed E-state index contributed by atoms with van der Waals surface area (Å²) in [6, 6.07) is 0. The van der Waals surface area contributed by atoms with Gasteiger partial charge in [-0.1, -0.05) is 48.5 Å². The Balaban J connectivity index is 4.15. The van der Waals surface area contributed by atoms with Gasteiger partial charge in [0.1, 0.15) is 0 Å². The van der Waals surface area contributed by atoms with Crippen LogP contribution in [0.1, 0.15) is 54.9 Å². The van der Waals surface area contributed by atoms with Crippen molar-refractivity contribution in [1.82, 2.24) is 0 Å². The molecule has 1 unspecified atom stereocenters. The molecular formula is C12H26. The molecule has 0 aromatic heterocycles. The van der Waals surface area contributed by atoms with Gasteiger partial charge in [-0.2, -0.15) is 0 Å². The van der Waals surface area contributed by atoms with Gasteiger partial charge in [0.05, 0.1) is 0 Å². The van der Waals surface area contributed by atoms with Gasteiger partial charge in [-0.05, 0) is 29.6 Å². The number of hydrogen-bond acceptors (Lipinski definition) is 0. The second-order valence-corrected chi connectivity index (χ2v) is 5.51. The van der Waals surface area contributed by atoms with Crippen molar-refractivity contribution in [2.75, 3.05) is 0 Å². The van der Waals surface area contributed by atoms with Gasteiger partial charge >= 0.3 is 0 Å². The molecular weight excluding hydrogens is 144 g/mol. The van der Waals surface area contributed by atoms with E-state index in [0.717, 1.165) is 17.8 Å². The third kappa shape index (κ3) is 3.16. The monoisotopic (exact) mass is 170 g/mol. The highest BCUT2D eigenvalue weighted by Crippen LogP contribution is 2.37. The topological polar surface area (TPSA) is 0 Å². The third-order valence-corrected chi connectivity index (χ3v) is 3.58. The summed E-state index contributed by atoms with van der Waals surface area (Å²) in [5.41, 5.74) is 0.490. The Morgan fingerprint density at radius 3 is 1.58 bits per heavy atom. The molecule has 0 nitrogen and oxygen atoms in total. The average Bonchev–Trinajstić information content (AvgIpc) is 1.85. The summed E-state index contributed by atoms with van der Waals surface area (Å²) in [5.74, 6) is 2.45. The molecule has 0 heterocycles. The molecule has 0 N–H and O–H groups in total. The van der Waals surface area contributed by atoms with Crippen molar-refractivity contribution in [2.45, 2.75) is 54.9 Å². The Morgan fingerprint density at radius 2 is 1.33 bits per heavy atom. The van der Waals surface area contributed by atoms with Gasteiger partial charge in [-0.25, -0.2) is 0 Å². The zero-order valence-electron chi connectivity index (χ0n) is 9.94. The first-order valence-corrected chi connectivity index (χ1v) is 5.28. The predicted molar refractivity (Wildman–Crippen MR) is 57.2 cm³/mol. The zero-order valence-corrected chi connectivity index (χ0v) is 9.94. The Kier molecular flexibility index (Phi) is 4.30. The summed E-state index contributed by atoms with van der Waals surface area (Å²) in [6.45, 7) is 16.5. The predicted octanol–water partition coefficient (Wildman–Crippen LogP) is 4.35. The fourth-order valence-corrected chi connectivity index (χ4v) is 1.58. The van der Waals surface area contributed by atoms with Crippen LogP contribution in [0.4, 0.5) is 0 Å². The zero-order chi connectivity index (χ0) is 9.94. The van der Waals surface area contributed by atoms with Gasteiger partial charge in [0.15, 0.2) is 0 Å². The van der Waals surface area contributed by atoms with Gasteiger partial charge in [0.25, 0.3) is 0 Å². The van der Waals surface area contributed by atoms with Crippen LogP contribution in [0.25, 0.3) is 0 Å². The van der Waals surface area contributed by atoms with Crippen molar-refractivity contribution in [1.29, 1.82) is 0 Å². The fraction of sp³-hybridized carbons (Fsp3) is 1.00. The van der Waals surface area contributed by atoms with Crippen molar-refractivity contribution in [3.8, 4) is 0 Å². The van der Waals surface area contributed by atoms with E-state index in [0.29, 0.717) is 5.41 Å². The molecule has 0 aromatic rings. The molecule has 12 heavy (non-hydrogen) atoms. The molecule has 0 bridgehead atoms. The summed E-state index contributed by atoms with van der Waals surface area (Å²) in [6.07, 6.45) is 1.35. The molecule has 0 aliphatic carbocycles. The SMILES string of the molecule is CC(C)CC(C)C(C)(C)C(C)C. The van der Waals surface area contributed by atoms with Crippen LogP contribution >= 0.6 is 0 Å². The van der Waals surface area contributed by atoms with E-state index in [9.17, 15) is 0 Å². The summed E-state index contributed by atoms with van der Waals surface area (Å²) in [5, 5.41) is 0. The fourth-order valence-electron chi connectivity index (χ4n) is 1.58. The molecule has 0 fully saturated rings. The second-order valence-electron chi connectivity index (χ2n) is 5.51. The van der Waals surface area contributed by atoms with E-state index >= 15 is 0 Å². The van der Waals surface area contributed by atoms with Crippen molar-refractivity contribution in [2.24, 2.45) is 23.2 Å². The molecule has 0 radical (unpaired) electrons. The van der Waals surface area contributed by atoms with E-state index in [1.165, 1.54) is 6.42 Å². The van der Waals surface area contributed by atoms with E-state index < -0.39 is 0 Å². The van der Waals surface area contributed by atoms with Crippen molar-refractivity contribution in [3.05, 3.63) is 0 Å². The van der Waals surface area contributed by atoms with Crippen LogP contribution in [0.5, 0.6) is 0 Å². The highest BCUT2D eigenvalue weighted by Gasteiger charge is 2.29. The highest BCUT2D eigenvalue weighted by atomic mass is 14.3. The van der Waals surface area contributed by atoms with Crippen molar-refractivity contribution >= 4 is 0 Å². The van der Waals surface area contributed by atoms with Crippen LogP contribution < -0.4 is 0 Å². The lowest BCUT2D eigenvalue weighted by atomic mass is 9.69. The molecule has 0 spiro atoms. The Morgan fingerprint density at radius 1 is 0.917 bits per heavy atom. The molecule has 0 aliphatic rings. The highest BCUT2D eigenvalue weighted by molar-refractivity contribution is 4.78. The van der Waals surface area contributed by atoms with Crippen LogP contribution in [0.2, 0.25) is 0 Å². The van der Waals surface area contributed by atoms with Crippen LogP contribution in [0, 0.1) is 23.2 Å². The number of rotatable bonds is 4. The summed E-state index contributed by atoms with van der Waals surface area (Å²) in [4.78, 5) is 0. The first-order valence-electron chi connectivity index (χ1n) is 5.28. The molecule has 0 rings (SSSR count). The minimum absolute atomic E-state index is 0.490. The van der Waals surface area contributed by atoms with E-state index in [4.69, 9.17) is 0 Å². The van der Waals surface area contributed by atoms with Crippen LogP contribution in [0.3, 0.4) is 0 Å². The van der Waals surface area contributed by atoms with E-state index in [1.54, 1.807) is 0 Å². The summed E-state index contributed by atoms with van der Waals surface area (Å²) in [7, 11) is 0. The lowest BCUT2D eigenvalue weighted by Gasteiger charge is -2.36. The quantitative estimate of drug-likeness (QED) is 0.588. The third-order valence-electron chi connectivity index (χ3n) is 3.58. The first kappa shape index (κ1) is 12.0. The summed E-state index contributed by atoms with van der Waals surface area (Å²) >= 11 is 0. The Bertz CT molecular complexity index is 120. The first-order chi connectivity index (χ1) is 5.28. The van der Waals surface area contributed by atoms with Crippen molar-refractivity contribution in [3.63, 3.8) is 0 Å². The molecule has 1 atom stereocenters. The van der Waals surface area contributed by atoms with Gasteiger partial charge in [0.2, 0.25) is 0 Å². The lowest BCUT2D eigenvalue weighted by molar-refractivity contribution is 0.131. The summed E-state index contributed by atoms with van der Waals surface area (Å²) < 4.78 is 0. The molecule has 0 saturated heterocycles. The van der Waals surface area contributed by atoms with Gasteiger partial charge < -0.3 is 0 Å². The van der Waals surface area contributed by atoms with Crippen LogP contribution in [0.15, 0.2) is 0 Å². The Labute approximate surface area is 78.8 Å². The van der Waals surface area contributed by atoms with Gasteiger partial charge in [-0.3, -0.25) is 0 Å². The maximum atomic E-state index is 2.39. The van der Waals surface area contributed by atoms with Crippen LogP contribution in [-0.2, 0) is 0 Å². The standard InChI is InChI=1S/C12H26/c1-9(2)8-11(5)12(6,7)10(3)4/h9-11H,8H2,1-7H3. The normalized spacial score (nSPS) is 15.8. The van der Waals surface area contributed by atoms with Crippen molar-refractivity contribution < 1.29 is 0 Å². The second kappa shape index (κ2) is 4.30. The van der Waals surface area contributed by atoms with Crippen LogP contribution in [-0.4, -0.2) is 0 Å². The molecule has 0 aromatic carbocycles. The Hall–Kier alpha value is 0. The van der Waals surface area contributed by atoms with E-state index in [-0.39, 0.29) is 0 Å².